The van der Waals surface area contributed by atoms with Crippen molar-refractivity contribution in [3.63, 3.8) is 0 Å². The number of likely N-dealkylation sites (tertiary alicyclic amines) is 1. The number of phenolic OH excluding ortho intramolecular Hbond substituents is 2. The number of nitrogens with zero attached hydrogens (tertiary/aromatic N) is 1. The van der Waals surface area contributed by atoms with Crippen LogP contribution < -0.4 is 4.74 Å². The molecule has 8 nitrogen and oxygen atoms in total. The standard InChI is InChI=1S/C32H28BrNO7/c1-2-41-26-13-17(5-10-24(26)36)27-19-8-9-20-28(21(19)14-22-29(27)25(37)15-23(33)30(22)38)32(40)34(31(20)39)12-11-16-3-6-18(35)7-4-16/h3-8,10,13,15,20-21,27-28,35-36H,2,9,11-12,14H2,1H3/t20-,21+,27-,28-/m0/s1. The molecule has 0 spiro atoms. The predicted molar refractivity (Wildman–Crippen MR) is 152 cm³/mol. The molecule has 0 bridgehead atoms. The minimum absolute atomic E-state index is 0.0376. The average Bonchev–Trinajstić information content (AvgIpc) is 3.20. The molecule has 1 saturated heterocycles. The molecule has 4 atom stereocenters. The molecule has 0 unspecified atom stereocenters. The Hall–Kier alpha value is -3.98. The molecule has 1 fully saturated rings. The molecule has 2 aromatic rings. The Morgan fingerprint density at radius 1 is 1.00 bits per heavy atom. The van der Waals surface area contributed by atoms with Gasteiger partial charge in [-0.25, -0.2) is 0 Å². The van der Waals surface area contributed by atoms with E-state index in [4.69, 9.17) is 4.74 Å². The van der Waals surface area contributed by atoms with Crippen molar-refractivity contribution >= 4 is 39.3 Å². The van der Waals surface area contributed by atoms with Crippen LogP contribution in [0.25, 0.3) is 0 Å². The summed E-state index contributed by atoms with van der Waals surface area (Å²) in [4.78, 5) is 55.5. The van der Waals surface area contributed by atoms with E-state index < -0.39 is 23.7 Å². The second-order valence-electron chi connectivity index (χ2n) is 10.8. The van der Waals surface area contributed by atoms with Crippen LogP contribution in [0, 0.1) is 17.8 Å². The van der Waals surface area contributed by atoms with Gasteiger partial charge in [0.1, 0.15) is 5.75 Å². The number of hydrogen-bond donors (Lipinski definition) is 2. The van der Waals surface area contributed by atoms with Crippen molar-refractivity contribution in [2.45, 2.75) is 32.1 Å². The van der Waals surface area contributed by atoms with Crippen molar-refractivity contribution in [1.29, 1.82) is 0 Å². The first-order valence-corrected chi connectivity index (χ1v) is 14.5. The maximum atomic E-state index is 13.9. The van der Waals surface area contributed by atoms with Crippen LogP contribution in [0.5, 0.6) is 17.2 Å². The van der Waals surface area contributed by atoms with E-state index >= 15 is 0 Å². The van der Waals surface area contributed by atoms with Crippen molar-refractivity contribution in [3.05, 3.63) is 86.9 Å². The van der Waals surface area contributed by atoms with E-state index in [1.807, 2.05) is 6.08 Å². The van der Waals surface area contributed by atoms with Gasteiger partial charge < -0.3 is 14.9 Å². The lowest BCUT2D eigenvalue weighted by atomic mass is 9.59. The summed E-state index contributed by atoms with van der Waals surface area (Å²) in [6.07, 6.45) is 4.26. The molecule has 2 amide bonds. The minimum Gasteiger partial charge on any atom is -0.508 e. The van der Waals surface area contributed by atoms with E-state index in [0.29, 0.717) is 36.2 Å². The summed E-state index contributed by atoms with van der Waals surface area (Å²) in [5.74, 6) is -2.93. The van der Waals surface area contributed by atoms with Crippen LogP contribution in [0.2, 0.25) is 0 Å². The summed E-state index contributed by atoms with van der Waals surface area (Å²) in [7, 11) is 0. The fourth-order valence-corrected chi connectivity index (χ4v) is 7.20. The van der Waals surface area contributed by atoms with Crippen molar-refractivity contribution in [1.82, 2.24) is 4.90 Å². The Labute approximate surface area is 245 Å². The van der Waals surface area contributed by atoms with Gasteiger partial charge in [-0.1, -0.05) is 29.8 Å². The third kappa shape index (κ3) is 4.52. The molecule has 2 N–H and O–H groups in total. The highest BCUT2D eigenvalue weighted by Crippen LogP contribution is 2.55. The van der Waals surface area contributed by atoms with Crippen molar-refractivity contribution in [2.24, 2.45) is 17.8 Å². The van der Waals surface area contributed by atoms with Gasteiger partial charge in [-0.3, -0.25) is 24.1 Å². The highest BCUT2D eigenvalue weighted by atomic mass is 79.9. The number of ether oxygens (including phenoxy) is 1. The normalized spacial score (nSPS) is 25.5. The molecule has 2 aromatic carbocycles. The van der Waals surface area contributed by atoms with E-state index in [-0.39, 0.29) is 58.1 Å². The molecule has 210 valence electrons. The average molecular weight is 618 g/mol. The van der Waals surface area contributed by atoms with Crippen LogP contribution in [-0.2, 0) is 25.6 Å². The Bertz CT molecular complexity index is 1590. The minimum atomic E-state index is -0.644. The van der Waals surface area contributed by atoms with E-state index in [9.17, 15) is 29.4 Å². The number of hydrogen-bond acceptors (Lipinski definition) is 7. The van der Waals surface area contributed by atoms with Crippen molar-refractivity contribution < 1.29 is 34.1 Å². The SMILES string of the molecule is CCOc1cc([C@H]2C3=CC[C@@H]4C(=O)N(CCc5ccc(O)cc5)C(=O)[C@@H]4[C@@H]3CC3=C2C(=O)C=C(Br)C3=O)ccc1O. The zero-order chi connectivity index (χ0) is 29.0. The maximum absolute atomic E-state index is 13.9. The first-order chi connectivity index (χ1) is 19.7. The summed E-state index contributed by atoms with van der Waals surface area (Å²) in [6, 6.07) is 11.6. The third-order valence-corrected chi connectivity index (χ3v) is 9.19. The van der Waals surface area contributed by atoms with Crippen LogP contribution in [0.1, 0.15) is 36.8 Å². The smallest absolute Gasteiger partial charge is 0.233 e. The largest absolute Gasteiger partial charge is 0.508 e. The van der Waals surface area contributed by atoms with Gasteiger partial charge in [0.2, 0.25) is 11.8 Å². The van der Waals surface area contributed by atoms with Crippen LogP contribution in [0.15, 0.2) is 75.8 Å². The molecule has 6 rings (SSSR count). The molecule has 0 aromatic heterocycles. The topological polar surface area (TPSA) is 121 Å². The summed E-state index contributed by atoms with van der Waals surface area (Å²) < 4.78 is 5.78. The number of imide groups is 1. The lowest BCUT2D eigenvalue weighted by Crippen LogP contribution is -2.39. The van der Waals surface area contributed by atoms with Gasteiger partial charge in [-0.2, -0.15) is 0 Å². The van der Waals surface area contributed by atoms with Gasteiger partial charge >= 0.3 is 0 Å². The number of allylic oxidation sites excluding steroid dienone is 6. The number of phenols is 2. The number of halogens is 1. The summed E-state index contributed by atoms with van der Waals surface area (Å²) >= 11 is 3.24. The van der Waals surface area contributed by atoms with Gasteiger partial charge in [0.05, 0.1) is 22.9 Å². The van der Waals surface area contributed by atoms with Crippen LogP contribution in [0.4, 0.5) is 0 Å². The van der Waals surface area contributed by atoms with Gasteiger partial charge in [0.25, 0.3) is 0 Å². The number of carbonyl (C=O) groups is 4. The number of amides is 2. The first kappa shape index (κ1) is 27.2. The molecule has 41 heavy (non-hydrogen) atoms. The molecule has 9 heteroatoms. The molecular weight excluding hydrogens is 590 g/mol. The lowest BCUT2D eigenvalue weighted by molar-refractivity contribution is -0.140. The number of ketones is 2. The highest BCUT2D eigenvalue weighted by Gasteiger charge is 2.56. The van der Waals surface area contributed by atoms with Gasteiger partial charge in [-0.05, 0) is 83.4 Å². The number of Topliss-reactive ketones (excluding diaryl/α,β-unsaturated/α-hetero) is 1. The molecule has 0 radical (unpaired) electrons. The molecule has 1 aliphatic heterocycles. The molecular formula is C32H28BrNO7. The van der Waals surface area contributed by atoms with Crippen molar-refractivity contribution in [3.8, 4) is 17.2 Å². The maximum Gasteiger partial charge on any atom is 0.233 e. The van der Waals surface area contributed by atoms with Crippen LogP contribution in [-0.4, -0.2) is 51.6 Å². The quantitative estimate of drug-likeness (QED) is 0.278. The Kier molecular flexibility index (Phi) is 6.93. The van der Waals surface area contributed by atoms with Gasteiger partial charge in [-0.15, -0.1) is 0 Å². The van der Waals surface area contributed by atoms with Crippen LogP contribution in [0.3, 0.4) is 0 Å². The number of benzene rings is 2. The Morgan fingerprint density at radius 2 is 1.76 bits per heavy atom. The number of fused-ring (bicyclic) bond motifs is 3. The zero-order valence-corrected chi connectivity index (χ0v) is 23.9. The second kappa shape index (κ2) is 10.4. The number of carbonyl (C=O) groups excluding carboxylic acids is 4. The van der Waals surface area contributed by atoms with E-state index in [1.54, 1.807) is 43.3 Å². The summed E-state index contributed by atoms with van der Waals surface area (Å²) in [5, 5.41) is 19.9. The Balaban J connectivity index is 1.39. The number of rotatable bonds is 6. The van der Waals surface area contributed by atoms with E-state index in [2.05, 4.69) is 15.9 Å². The second-order valence-corrected chi connectivity index (χ2v) is 11.7. The summed E-state index contributed by atoms with van der Waals surface area (Å²) in [5.41, 5.74) is 3.12. The third-order valence-electron chi connectivity index (χ3n) is 8.60. The number of aromatic hydroxyl groups is 2. The van der Waals surface area contributed by atoms with Crippen molar-refractivity contribution in [2.75, 3.05) is 13.2 Å². The highest BCUT2D eigenvalue weighted by molar-refractivity contribution is 9.12. The van der Waals surface area contributed by atoms with Crippen LogP contribution >= 0.6 is 15.9 Å². The van der Waals surface area contributed by atoms with E-state index in [0.717, 1.165) is 11.1 Å². The molecule has 3 aliphatic carbocycles. The fraction of sp³-hybridized carbons (Fsp3) is 0.312. The molecule has 1 heterocycles. The zero-order valence-electron chi connectivity index (χ0n) is 22.3. The molecule has 4 aliphatic rings. The summed E-state index contributed by atoms with van der Waals surface area (Å²) in [6.45, 7) is 2.35. The Morgan fingerprint density at radius 3 is 2.49 bits per heavy atom. The van der Waals surface area contributed by atoms with Gasteiger partial charge in [0.15, 0.2) is 23.1 Å². The lowest BCUT2D eigenvalue weighted by Gasteiger charge is -2.42. The molecule has 0 saturated carbocycles. The fourth-order valence-electron chi connectivity index (χ4n) is 6.76. The van der Waals surface area contributed by atoms with E-state index in [1.165, 1.54) is 17.0 Å². The van der Waals surface area contributed by atoms with Gasteiger partial charge in [0, 0.05) is 29.7 Å². The first-order valence-electron chi connectivity index (χ1n) is 13.7. The predicted octanol–water partition coefficient (Wildman–Crippen LogP) is 4.50. The monoisotopic (exact) mass is 617 g/mol.